The zero-order valence-electron chi connectivity index (χ0n) is 12.1. The highest BCUT2D eigenvalue weighted by atomic mass is 28.4. The monoisotopic (exact) mass is 270 g/mol. The molecule has 0 aromatic carbocycles. The van der Waals surface area contributed by atoms with Crippen LogP contribution in [0.3, 0.4) is 0 Å². The van der Waals surface area contributed by atoms with Gasteiger partial charge in [-0.15, -0.1) is 0 Å². The summed E-state index contributed by atoms with van der Waals surface area (Å²) in [6.07, 6.45) is 5.24. The average Bonchev–Trinajstić information content (AvgIpc) is 2.12. The van der Waals surface area contributed by atoms with Gasteiger partial charge in [0.15, 0.2) is 0 Å². The zero-order valence-corrected chi connectivity index (χ0v) is 14.1. The van der Waals surface area contributed by atoms with E-state index in [-0.39, 0.29) is 5.92 Å². The predicted octanol–water partition coefficient (Wildman–Crippen LogP) is 3.97. The minimum absolute atomic E-state index is 0.127. The Hall–Kier alpha value is -0.356. The van der Waals surface area contributed by atoms with Gasteiger partial charge in [0, 0.05) is 12.3 Å². The molecule has 0 aromatic rings. The Morgan fingerprint density at radius 1 is 1.24 bits per heavy atom. The zero-order chi connectivity index (χ0) is 13.3. The van der Waals surface area contributed by atoms with E-state index in [1.54, 1.807) is 0 Å². The van der Waals surface area contributed by atoms with Crippen LogP contribution in [0.15, 0.2) is 11.8 Å². The van der Waals surface area contributed by atoms with Crippen LogP contribution in [0.2, 0.25) is 39.3 Å². The van der Waals surface area contributed by atoms with E-state index in [0.717, 1.165) is 25.0 Å². The molecule has 1 atom stereocenters. The van der Waals surface area contributed by atoms with E-state index < -0.39 is 16.4 Å². The maximum atomic E-state index is 12.3. The van der Waals surface area contributed by atoms with Crippen molar-refractivity contribution < 1.29 is 9.22 Å². The number of rotatable bonds is 4. The van der Waals surface area contributed by atoms with Crippen molar-refractivity contribution in [2.45, 2.75) is 58.5 Å². The molecule has 0 bridgehead atoms. The van der Waals surface area contributed by atoms with Gasteiger partial charge in [0.1, 0.15) is 13.5 Å². The Labute approximate surface area is 108 Å². The maximum absolute atomic E-state index is 12.3. The second kappa shape index (κ2) is 5.10. The number of hydrogen-bond donors (Lipinski definition) is 0. The van der Waals surface area contributed by atoms with E-state index in [1.807, 2.05) is 0 Å². The standard InChI is InChI=1S/C13H26O2Si2/c1-16(2,3)13(14)11-8-7-9-12(10-11)15-17(4,5)6/h10-11H,7-9H2,1-6H3. The van der Waals surface area contributed by atoms with Gasteiger partial charge in [-0.3, -0.25) is 0 Å². The fourth-order valence-electron chi connectivity index (χ4n) is 2.13. The summed E-state index contributed by atoms with van der Waals surface area (Å²) in [6.45, 7) is 13.0. The summed E-state index contributed by atoms with van der Waals surface area (Å²) in [6, 6.07) is 0. The van der Waals surface area contributed by atoms with Crippen LogP contribution in [0, 0.1) is 5.92 Å². The van der Waals surface area contributed by atoms with Gasteiger partial charge in [0.25, 0.3) is 0 Å². The van der Waals surface area contributed by atoms with Crippen molar-refractivity contribution in [3.05, 3.63) is 11.8 Å². The Kier molecular flexibility index (Phi) is 4.41. The molecule has 0 fully saturated rings. The Morgan fingerprint density at radius 3 is 2.29 bits per heavy atom. The van der Waals surface area contributed by atoms with Gasteiger partial charge in [0.2, 0.25) is 8.32 Å². The van der Waals surface area contributed by atoms with Gasteiger partial charge in [-0.05, 0) is 38.6 Å². The highest BCUT2D eigenvalue weighted by molar-refractivity contribution is 7.03. The van der Waals surface area contributed by atoms with E-state index in [9.17, 15) is 4.79 Å². The first-order valence-electron chi connectivity index (χ1n) is 6.53. The van der Waals surface area contributed by atoms with Crippen LogP contribution in [-0.2, 0) is 9.22 Å². The molecule has 1 rings (SSSR count). The molecule has 0 saturated carbocycles. The van der Waals surface area contributed by atoms with Crippen molar-refractivity contribution in [2.75, 3.05) is 0 Å². The average molecular weight is 271 g/mol. The molecule has 98 valence electrons. The minimum Gasteiger partial charge on any atom is -0.548 e. The Bertz CT molecular complexity index is 321. The van der Waals surface area contributed by atoms with Gasteiger partial charge in [-0.1, -0.05) is 19.6 Å². The van der Waals surface area contributed by atoms with Crippen molar-refractivity contribution in [1.29, 1.82) is 0 Å². The second-order valence-electron chi connectivity index (χ2n) is 6.96. The molecule has 1 aliphatic carbocycles. The fourth-order valence-corrected chi connectivity index (χ4v) is 4.43. The lowest BCUT2D eigenvalue weighted by Crippen LogP contribution is -2.39. The van der Waals surface area contributed by atoms with Gasteiger partial charge < -0.3 is 9.22 Å². The first-order valence-corrected chi connectivity index (χ1v) is 13.4. The lowest BCUT2D eigenvalue weighted by Gasteiger charge is -2.29. The van der Waals surface area contributed by atoms with Crippen LogP contribution in [0.5, 0.6) is 0 Å². The van der Waals surface area contributed by atoms with Crippen molar-refractivity contribution in [2.24, 2.45) is 5.92 Å². The first-order chi connectivity index (χ1) is 7.59. The molecule has 0 amide bonds. The van der Waals surface area contributed by atoms with Gasteiger partial charge >= 0.3 is 0 Å². The minimum atomic E-state index is -1.66. The van der Waals surface area contributed by atoms with Crippen molar-refractivity contribution in [3.63, 3.8) is 0 Å². The van der Waals surface area contributed by atoms with Crippen LogP contribution in [0.1, 0.15) is 19.3 Å². The SMILES string of the molecule is C[Si](C)(C)OC1=CC(C(=O)[Si](C)(C)C)CCC1. The molecule has 0 N–H and O–H groups in total. The molecule has 2 nitrogen and oxygen atoms in total. The van der Waals surface area contributed by atoms with Crippen molar-refractivity contribution in [3.8, 4) is 0 Å². The van der Waals surface area contributed by atoms with Crippen LogP contribution in [0.4, 0.5) is 0 Å². The number of allylic oxidation sites excluding steroid dienone is 2. The van der Waals surface area contributed by atoms with Crippen LogP contribution in [-0.4, -0.2) is 21.8 Å². The van der Waals surface area contributed by atoms with Gasteiger partial charge in [-0.2, -0.15) is 0 Å². The molecular formula is C13H26O2Si2. The normalized spacial score (nSPS) is 22.0. The molecular weight excluding hydrogens is 244 g/mol. The van der Waals surface area contributed by atoms with Crippen LogP contribution < -0.4 is 0 Å². The van der Waals surface area contributed by atoms with Gasteiger partial charge in [-0.25, -0.2) is 0 Å². The van der Waals surface area contributed by atoms with Gasteiger partial charge in [0.05, 0.1) is 5.76 Å². The van der Waals surface area contributed by atoms with E-state index in [4.69, 9.17) is 4.43 Å². The summed E-state index contributed by atoms with van der Waals surface area (Å²) in [5.41, 5.74) is 0. The highest BCUT2D eigenvalue weighted by Gasteiger charge is 2.32. The van der Waals surface area contributed by atoms with E-state index >= 15 is 0 Å². The second-order valence-corrected chi connectivity index (χ2v) is 16.4. The van der Waals surface area contributed by atoms with Crippen molar-refractivity contribution >= 4 is 21.8 Å². The molecule has 0 aromatic heterocycles. The summed E-state index contributed by atoms with van der Waals surface area (Å²) < 4.78 is 6.03. The quantitative estimate of drug-likeness (QED) is 0.723. The molecule has 0 aliphatic heterocycles. The molecule has 0 spiro atoms. The van der Waals surface area contributed by atoms with E-state index in [0.29, 0.717) is 5.41 Å². The third-order valence-corrected chi connectivity index (χ3v) is 5.56. The van der Waals surface area contributed by atoms with Crippen molar-refractivity contribution in [1.82, 2.24) is 0 Å². The molecule has 17 heavy (non-hydrogen) atoms. The number of hydrogen-bond acceptors (Lipinski definition) is 2. The summed E-state index contributed by atoms with van der Waals surface area (Å²) in [7, 11) is -3.19. The molecule has 4 heteroatoms. The van der Waals surface area contributed by atoms with Crippen LogP contribution >= 0.6 is 0 Å². The summed E-state index contributed by atoms with van der Waals surface area (Å²) >= 11 is 0. The Morgan fingerprint density at radius 2 is 1.82 bits per heavy atom. The largest absolute Gasteiger partial charge is 0.548 e. The molecule has 1 unspecified atom stereocenters. The molecule has 1 aliphatic rings. The third-order valence-electron chi connectivity index (χ3n) is 2.84. The predicted molar refractivity (Wildman–Crippen MR) is 78.2 cm³/mol. The third kappa shape index (κ3) is 4.80. The number of carbonyl (C=O) groups is 1. The summed E-state index contributed by atoms with van der Waals surface area (Å²) in [5, 5.41) is 0.480. The lowest BCUT2D eigenvalue weighted by molar-refractivity contribution is -0.115. The molecule has 0 radical (unpaired) electrons. The Balaban J connectivity index is 2.77. The first kappa shape index (κ1) is 14.7. The maximum Gasteiger partial charge on any atom is 0.241 e. The summed E-state index contributed by atoms with van der Waals surface area (Å²) in [5.74, 6) is 1.20. The van der Waals surface area contributed by atoms with E-state index in [1.165, 1.54) is 0 Å². The number of carbonyl (C=O) groups excluding carboxylic acids is 1. The lowest BCUT2D eigenvalue weighted by atomic mass is 9.96. The fraction of sp³-hybridized carbons (Fsp3) is 0.769. The topological polar surface area (TPSA) is 26.3 Å². The van der Waals surface area contributed by atoms with Crippen LogP contribution in [0.25, 0.3) is 0 Å². The summed E-state index contributed by atoms with van der Waals surface area (Å²) in [4.78, 5) is 12.3. The molecule has 0 heterocycles. The smallest absolute Gasteiger partial charge is 0.241 e. The highest BCUT2D eigenvalue weighted by Crippen LogP contribution is 2.28. The molecule has 0 saturated heterocycles. The van der Waals surface area contributed by atoms with E-state index in [2.05, 4.69) is 45.4 Å².